The van der Waals surface area contributed by atoms with Gasteiger partial charge in [-0.3, -0.25) is 4.79 Å². The lowest BCUT2D eigenvalue weighted by molar-refractivity contribution is -0.127. The van der Waals surface area contributed by atoms with Crippen molar-refractivity contribution in [2.24, 2.45) is 0 Å². The van der Waals surface area contributed by atoms with Crippen molar-refractivity contribution in [3.05, 3.63) is 46.6 Å². The van der Waals surface area contributed by atoms with Crippen molar-refractivity contribution in [2.45, 2.75) is 73.1 Å². The summed E-state index contributed by atoms with van der Waals surface area (Å²) in [6.07, 6.45) is 15.6. The van der Waals surface area contributed by atoms with Gasteiger partial charge in [0, 0.05) is 0 Å². The second-order valence-corrected chi connectivity index (χ2v) is 6.48. The molecule has 0 saturated carbocycles. The summed E-state index contributed by atoms with van der Waals surface area (Å²) in [4.78, 5) is 10.1. The van der Waals surface area contributed by atoms with Crippen LogP contribution in [-0.4, -0.2) is 13.1 Å². The molecular weight excluding hydrogens is 284 g/mol. The first kappa shape index (κ1) is 21.4. The predicted molar refractivity (Wildman–Crippen MR) is 100 cm³/mol. The van der Waals surface area contributed by atoms with Gasteiger partial charge in [0.05, 0.1) is 0 Å². The van der Waals surface area contributed by atoms with E-state index in [1.807, 2.05) is 6.08 Å². The van der Waals surface area contributed by atoms with Crippen molar-refractivity contribution < 1.29 is 9.53 Å². The summed E-state index contributed by atoms with van der Waals surface area (Å²) in [7, 11) is 0. The standard InChI is InChI=1S/C21H34O2/c1-18(2)9-6-10-19(3)11-7-12-20(4)13-8-14-21(5)15-16-23-17-22/h9,11,13,15,17H,6-8,10,12,14,16H2,1-5H3. The van der Waals surface area contributed by atoms with Crippen molar-refractivity contribution in [3.63, 3.8) is 0 Å². The molecule has 0 amide bonds. The van der Waals surface area contributed by atoms with E-state index >= 15 is 0 Å². The fraction of sp³-hybridized carbons (Fsp3) is 0.571. The lowest BCUT2D eigenvalue weighted by atomic mass is 10.0. The molecule has 0 aromatic rings. The van der Waals surface area contributed by atoms with Crippen LogP contribution in [0.25, 0.3) is 0 Å². The summed E-state index contributed by atoms with van der Waals surface area (Å²) in [6, 6.07) is 0. The molecule has 0 fully saturated rings. The third kappa shape index (κ3) is 15.1. The van der Waals surface area contributed by atoms with Gasteiger partial charge >= 0.3 is 0 Å². The largest absolute Gasteiger partial charge is 0.464 e. The molecule has 0 saturated heterocycles. The molecule has 2 heteroatoms. The first-order valence-corrected chi connectivity index (χ1v) is 8.61. The Bertz CT molecular complexity index is 446. The van der Waals surface area contributed by atoms with Crippen molar-refractivity contribution in [2.75, 3.05) is 6.61 Å². The highest BCUT2D eigenvalue weighted by molar-refractivity contribution is 5.37. The molecule has 0 spiro atoms. The maximum atomic E-state index is 10.1. The van der Waals surface area contributed by atoms with Crippen LogP contribution in [0, 0.1) is 0 Å². The van der Waals surface area contributed by atoms with E-state index in [4.69, 9.17) is 0 Å². The molecule has 0 aromatic carbocycles. The molecule has 0 aliphatic carbocycles. The van der Waals surface area contributed by atoms with Crippen LogP contribution in [-0.2, 0) is 9.53 Å². The van der Waals surface area contributed by atoms with Gasteiger partial charge < -0.3 is 4.74 Å². The SMILES string of the molecule is CC(C)=CCCC(C)=CCCC(C)=CCCC(C)=CCOC=O. The Kier molecular flexibility index (Phi) is 13.1. The molecule has 130 valence electrons. The van der Waals surface area contributed by atoms with Gasteiger partial charge in [-0.2, -0.15) is 0 Å². The topological polar surface area (TPSA) is 26.3 Å². The zero-order chi connectivity index (χ0) is 17.5. The van der Waals surface area contributed by atoms with Crippen LogP contribution >= 0.6 is 0 Å². The number of rotatable bonds is 12. The third-order valence-corrected chi connectivity index (χ3v) is 3.75. The highest BCUT2D eigenvalue weighted by Gasteiger charge is 1.93. The van der Waals surface area contributed by atoms with E-state index in [9.17, 15) is 4.79 Å². The van der Waals surface area contributed by atoms with Gasteiger partial charge in [-0.05, 0) is 79.2 Å². The molecule has 0 bridgehead atoms. The van der Waals surface area contributed by atoms with E-state index in [0.29, 0.717) is 13.1 Å². The lowest BCUT2D eigenvalue weighted by Gasteiger charge is -2.02. The van der Waals surface area contributed by atoms with E-state index in [0.717, 1.165) is 32.1 Å². The van der Waals surface area contributed by atoms with Crippen molar-refractivity contribution in [1.82, 2.24) is 0 Å². The molecule has 0 aliphatic heterocycles. The van der Waals surface area contributed by atoms with Gasteiger partial charge in [0.2, 0.25) is 0 Å². The van der Waals surface area contributed by atoms with E-state index < -0.39 is 0 Å². The monoisotopic (exact) mass is 318 g/mol. The number of carbonyl (C=O) groups excluding carboxylic acids is 1. The van der Waals surface area contributed by atoms with Crippen LogP contribution in [0.5, 0.6) is 0 Å². The minimum absolute atomic E-state index is 0.384. The van der Waals surface area contributed by atoms with Crippen LogP contribution in [0.3, 0.4) is 0 Å². The van der Waals surface area contributed by atoms with Gasteiger partial charge in [0.15, 0.2) is 0 Å². The minimum atomic E-state index is 0.384. The summed E-state index contributed by atoms with van der Waals surface area (Å²) in [5, 5.41) is 0. The number of hydrogen-bond donors (Lipinski definition) is 0. The van der Waals surface area contributed by atoms with Crippen LogP contribution < -0.4 is 0 Å². The van der Waals surface area contributed by atoms with Crippen molar-refractivity contribution >= 4 is 6.47 Å². The van der Waals surface area contributed by atoms with Gasteiger partial charge in [0.1, 0.15) is 6.61 Å². The Hall–Kier alpha value is -1.57. The van der Waals surface area contributed by atoms with Gasteiger partial charge in [-0.1, -0.05) is 40.5 Å². The van der Waals surface area contributed by atoms with Crippen LogP contribution in [0.4, 0.5) is 0 Å². The Morgan fingerprint density at radius 2 is 1.13 bits per heavy atom. The summed E-state index contributed by atoms with van der Waals surface area (Å²) in [5.74, 6) is 0. The molecule has 0 N–H and O–H groups in total. The normalized spacial score (nSPS) is 13.0. The van der Waals surface area contributed by atoms with Crippen molar-refractivity contribution in [1.29, 1.82) is 0 Å². The second kappa shape index (κ2) is 14.0. The fourth-order valence-corrected chi connectivity index (χ4v) is 2.22. The Morgan fingerprint density at radius 3 is 1.57 bits per heavy atom. The number of hydrogen-bond acceptors (Lipinski definition) is 2. The molecule has 0 radical (unpaired) electrons. The predicted octanol–water partition coefficient (Wildman–Crippen LogP) is 6.31. The van der Waals surface area contributed by atoms with E-state index in [1.54, 1.807) is 0 Å². The minimum Gasteiger partial charge on any atom is -0.464 e. The lowest BCUT2D eigenvalue weighted by Crippen LogP contribution is -1.88. The van der Waals surface area contributed by atoms with Crippen LogP contribution in [0.1, 0.15) is 73.1 Å². The highest BCUT2D eigenvalue weighted by atomic mass is 16.5. The van der Waals surface area contributed by atoms with Crippen LogP contribution in [0.15, 0.2) is 46.6 Å². The molecular formula is C21H34O2. The Labute approximate surface area is 143 Å². The zero-order valence-corrected chi connectivity index (χ0v) is 15.7. The first-order valence-electron chi connectivity index (χ1n) is 8.61. The molecule has 0 atom stereocenters. The third-order valence-electron chi connectivity index (χ3n) is 3.75. The molecule has 0 unspecified atom stereocenters. The first-order chi connectivity index (χ1) is 11.0. The van der Waals surface area contributed by atoms with Gasteiger partial charge in [-0.15, -0.1) is 0 Å². The smallest absolute Gasteiger partial charge is 0.293 e. The van der Waals surface area contributed by atoms with Gasteiger partial charge in [0.25, 0.3) is 6.47 Å². The molecule has 0 heterocycles. The number of carbonyl (C=O) groups is 1. The molecule has 0 rings (SSSR count). The Morgan fingerprint density at radius 1 is 0.696 bits per heavy atom. The maximum Gasteiger partial charge on any atom is 0.293 e. The Balaban J connectivity index is 3.95. The second-order valence-electron chi connectivity index (χ2n) is 6.48. The number of allylic oxidation sites excluding steroid dienone is 7. The summed E-state index contributed by atoms with van der Waals surface area (Å²) in [6.45, 7) is 11.7. The molecule has 0 aliphatic rings. The molecule has 0 aromatic heterocycles. The number of ether oxygens (including phenoxy) is 1. The maximum absolute atomic E-state index is 10.1. The summed E-state index contributed by atoms with van der Waals surface area (Å²) < 4.78 is 4.67. The van der Waals surface area contributed by atoms with Crippen molar-refractivity contribution in [3.8, 4) is 0 Å². The summed E-state index contributed by atoms with van der Waals surface area (Å²) in [5.41, 5.74) is 5.61. The van der Waals surface area contributed by atoms with E-state index in [1.165, 1.54) is 28.7 Å². The quantitative estimate of drug-likeness (QED) is 0.239. The molecule has 2 nitrogen and oxygen atoms in total. The van der Waals surface area contributed by atoms with E-state index in [-0.39, 0.29) is 0 Å². The summed E-state index contributed by atoms with van der Waals surface area (Å²) >= 11 is 0. The highest BCUT2D eigenvalue weighted by Crippen LogP contribution is 2.13. The zero-order valence-electron chi connectivity index (χ0n) is 15.7. The van der Waals surface area contributed by atoms with Crippen LogP contribution in [0.2, 0.25) is 0 Å². The van der Waals surface area contributed by atoms with E-state index in [2.05, 4.69) is 57.6 Å². The average Bonchev–Trinajstić information content (AvgIpc) is 2.47. The average molecular weight is 319 g/mol. The molecule has 23 heavy (non-hydrogen) atoms. The fourth-order valence-electron chi connectivity index (χ4n) is 2.22. The van der Waals surface area contributed by atoms with Gasteiger partial charge in [-0.25, -0.2) is 0 Å².